The van der Waals surface area contributed by atoms with Gasteiger partial charge in [0.2, 0.25) is 0 Å². The molecule has 0 aliphatic carbocycles. The molecular formula is C17H27FN3O8P. The number of nitrogens with one attached hydrogen (secondary N) is 2. The molecule has 1 aliphatic heterocycles. The SMILES string of the molecule is CC(C)[C@H](C)NP(C)(=O)OC[C@H]1O[C@@H](n2ccc(=O)[nH]c2=O)C(C)(F)[C@H]1O.O=C=O. The zero-order valence-electron chi connectivity index (χ0n) is 17.3. The largest absolute Gasteiger partial charge is 0.387 e. The van der Waals surface area contributed by atoms with Crippen LogP contribution in [0.3, 0.4) is 0 Å². The van der Waals surface area contributed by atoms with Crippen LogP contribution in [-0.2, 0) is 23.4 Å². The van der Waals surface area contributed by atoms with E-state index in [4.69, 9.17) is 18.8 Å². The summed E-state index contributed by atoms with van der Waals surface area (Å²) in [7, 11) is -3.21. The van der Waals surface area contributed by atoms with Gasteiger partial charge in [0.25, 0.3) is 13.1 Å². The van der Waals surface area contributed by atoms with Crippen LogP contribution in [0, 0.1) is 5.92 Å². The Morgan fingerprint density at radius 1 is 1.43 bits per heavy atom. The lowest BCUT2D eigenvalue weighted by molar-refractivity contribution is -0.191. The van der Waals surface area contributed by atoms with E-state index >= 15 is 4.39 Å². The smallest absolute Gasteiger partial charge is 0.373 e. The quantitative estimate of drug-likeness (QED) is 0.500. The minimum Gasteiger partial charge on any atom is -0.387 e. The molecule has 0 aromatic carbocycles. The maximum absolute atomic E-state index is 15.1. The van der Waals surface area contributed by atoms with E-state index in [0.717, 1.165) is 23.8 Å². The maximum Gasteiger partial charge on any atom is 0.373 e. The van der Waals surface area contributed by atoms with E-state index < -0.39 is 42.9 Å². The molecule has 2 heterocycles. The number of rotatable bonds is 7. The summed E-state index contributed by atoms with van der Waals surface area (Å²) >= 11 is 0. The molecule has 6 atom stereocenters. The molecule has 1 aromatic heterocycles. The Morgan fingerprint density at radius 3 is 2.50 bits per heavy atom. The van der Waals surface area contributed by atoms with Gasteiger partial charge in [-0.25, -0.2) is 14.3 Å². The molecular weight excluding hydrogens is 424 g/mol. The van der Waals surface area contributed by atoms with Crippen molar-refractivity contribution in [3.63, 3.8) is 0 Å². The number of ether oxygens (including phenoxy) is 1. The molecule has 1 saturated heterocycles. The summed E-state index contributed by atoms with van der Waals surface area (Å²) in [4.78, 5) is 41.4. The summed E-state index contributed by atoms with van der Waals surface area (Å²) in [5.74, 6) is 0.223. The first-order valence-electron chi connectivity index (χ1n) is 9.09. The van der Waals surface area contributed by atoms with Crippen molar-refractivity contribution in [2.45, 2.75) is 57.8 Å². The first kappa shape index (κ1) is 26.1. The Balaban J connectivity index is 0.00000141. The molecule has 0 spiro atoms. The molecule has 3 N–H and O–H groups in total. The Kier molecular flexibility index (Phi) is 9.04. The molecule has 170 valence electrons. The standard InChI is InChI=1S/C16H27FN3O6P.CO2/c1-9(2)10(3)19-27(5,24)25-8-11-13(22)16(4,17)14(26-11)20-7-6-12(21)18-15(20)23;2-1-3/h6-7,9-11,13-14,22H,8H2,1-5H3,(H,19,24)(H,18,21,23);/t10-,11+,13-,14+,16?,27?;/m0./s1. The molecule has 2 rings (SSSR count). The predicted octanol–water partition coefficient (Wildman–Crippen LogP) is 0.413. The predicted molar refractivity (Wildman–Crippen MR) is 103 cm³/mol. The molecule has 11 nitrogen and oxygen atoms in total. The number of alkyl halides is 1. The van der Waals surface area contributed by atoms with Crippen molar-refractivity contribution in [1.82, 2.24) is 14.6 Å². The molecule has 0 saturated carbocycles. The van der Waals surface area contributed by atoms with Crippen molar-refractivity contribution in [3.8, 4) is 0 Å². The average Bonchev–Trinajstić information content (AvgIpc) is 2.84. The number of H-pyrrole nitrogens is 1. The Bertz CT molecular complexity index is 909. The highest BCUT2D eigenvalue weighted by Crippen LogP contribution is 2.44. The lowest BCUT2D eigenvalue weighted by Crippen LogP contribution is -2.43. The normalized spacial score (nSPS) is 28.9. The topological polar surface area (TPSA) is 157 Å². The number of aliphatic hydroxyl groups is 1. The number of halogens is 1. The summed E-state index contributed by atoms with van der Waals surface area (Å²) in [5.41, 5.74) is -3.82. The van der Waals surface area contributed by atoms with Crippen molar-refractivity contribution < 1.29 is 32.9 Å². The fourth-order valence-electron chi connectivity index (χ4n) is 2.73. The van der Waals surface area contributed by atoms with Crippen LogP contribution in [0.1, 0.15) is 33.9 Å². The van der Waals surface area contributed by atoms with Gasteiger partial charge in [-0.05, 0) is 19.8 Å². The van der Waals surface area contributed by atoms with Gasteiger partial charge in [0.15, 0.2) is 11.9 Å². The molecule has 0 amide bonds. The molecule has 30 heavy (non-hydrogen) atoms. The molecule has 0 radical (unpaired) electrons. The van der Waals surface area contributed by atoms with E-state index in [2.05, 4.69) is 5.09 Å². The minimum atomic E-state index is -3.21. The summed E-state index contributed by atoms with van der Waals surface area (Å²) in [6, 6.07) is 0.975. The fourth-order valence-corrected chi connectivity index (χ4v) is 4.28. The van der Waals surface area contributed by atoms with Crippen LogP contribution in [0.25, 0.3) is 0 Å². The van der Waals surface area contributed by atoms with Crippen molar-refractivity contribution in [3.05, 3.63) is 33.1 Å². The van der Waals surface area contributed by atoms with Gasteiger partial charge in [-0.2, -0.15) is 9.59 Å². The van der Waals surface area contributed by atoms with Crippen molar-refractivity contribution >= 4 is 13.7 Å². The molecule has 1 aliphatic rings. The van der Waals surface area contributed by atoms with Crippen LogP contribution in [-0.4, -0.2) is 58.0 Å². The van der Waals surface area contributed by atoms with E-state index in [1.165, 1.54) is 6.66 Å². The maximum atomic E-state index is 15.1. The zero-order valence-corrected chi connectivity index (χ0v) is 18.2. The van der Waals surface area contributed by atoms with Crippen LogP contribution < -0.4 is 16.3 Å². The lowest BCUT2D eigenvalue weighted by Gasteiger charge is -2.25. The third-order valence-electron chi connectivity index (χ3n) is 4.74. The Morgan fingerprint density at radius 2 is 2.00 bits per heavy atom. The van der Waals surface area contributed by atoms with E-state index in [9.17, 15) is 19.3 Å². The van der Waals surface area contributed by atoms with Crippen molar-refractivity contribution in [2.24, 2.45) is 5.92 Å². The number of hydrogen-bond donors (Lipinski definition) is 3. The second kappa shape index (κ2) is 10.4. The van der Waals surface area contributed by atoms with Crippen LogP contribution in [0.15, 0.2) is 21.9 Å². The van der Waals surface area contributed by atoms with E-state index in [0.29, 0.717) is 0 Å². The number of aliphatic hydroxyl groups excluding tert-OH is 1. The van der Waals surface area contributed by atoms with Crippen LogP contribution in [0.5, 0.6) is 0 Å². The third kappa shape index (κ3) is 6.53. The van der Waals surface area contributed by atoms with E-state index in [-0.39, 0.29) is 24.7 Å². The number of carbonyl (C=O) groups excluding carboxylic acids is 2. The third-order valence-corrected chi connectivity index (χ3v) is 6.26. The number of aromatic nitrogens is 2. The second-order valence-electron chi connectivity index (χ2n) is 7.53. The van der Waals surface area contributed by atoms with Gasteiger partial charge < -0.3 is 14.4 Å². The van der Waals surface area contributed by atoms with E-state index in [1.807, 2.05) is 25.8 Å². The summed E-state index contributed by atoms with van der Waals surface area (Å²) in [6.45, 7) is 7.94. The van der Waals surface area contributed by atoms with Crippen LogP contribution in [0.4, 0.5) is 4.39 Å². The van der Waals surface area contributed by atoms with Gasteiger partial charge in [0.05, 0.1) is 6.61 Å². The zero-order chi connectivity index (χ0) is 23.3. The monoisotopic (exact) mass is 451 g/mol. The fraction of sp³-hybridized carbons (Fsp3) is 0.706. The summed E-state index contributed by atoms with van der Waals surface area (Å²) in [6.07, 6.45) is -2.89. The van der Waals surface area contributed by atoms with Crippen LogP contribution >= 0.6 is 7.52 Å². The number of aromatic amines is 1. The van der Waals surface area contributed by atoms with Gasteiger partial charge in [-0.3, -0.25) is 18.9 Å². The first-order chi connectivity index (χ1) is 13.8. The molecule has 2 unspecified atom stereocenters. The summed E-state index contributed by atoms with van der Waals surface area (Å²) in [5, 5.41) is 13.2. The highest BCUT2D eigenvalue weighted by molar-refractivity contribution is 7.56. The van der Waals surface area contributed by atoms with Gasteiger partial charge in [-0.1, -0.05) is 13.8 Å². The second-order valence-corrected chi connectivity index (χ2v) is 9.74. The van der Waals surface area contributed by atoms with Gasteiger partial charge >= 0.3 is 11.8 Å². The van der Waals surface area contributed by atoms with Crippen molar-refractivity contribution in [2.75, 3.05) is 13.3 Å². The van der Waals surface area contributed by atoms with Gasteiger partial charge in [-0.15, -0.1) is 0 Å². The number of hydrogen-bond acceptors (Lipinski definition) is 8. The average molecular weight is 451 g/mol. The molecule has 1 aromatic rings. The molecule has 13 heteroatoms. The Labute approximate surface area is 172 Å². The lowest BCUT2D eigenvalue weighted by atomic mass is 9.98. The van der Waals surface area contributed by atoms with Gasteiger partial charge in [0, 0.05) is 25.0 Å². The van der Waals surface area contributed by atoms with Crippen LogP contribution in [0.2, 0.25) is 0 Å². The Hall–Kier alpha value is -1.94. The molecule has 0 bridgehead atoms. The van der Waals surface area contributed by atoms with Gasteiger partial charge in [0.1, 0.15) is 12.2 Å². The molecule has 1 fully saturated rings. The van der Waals surface area contributed by atoms with E-state index in [1.54, 1.807) is 0 Å². The first-order valence-corrected chi connectivity index (χ1v) is 11.2. The number of nitrogens with zero attached hydrogens (tertiary/aromatic N) is 1. The highest BCUT2D eigenvalue weighted by atomic mass is 31.2. The van der Waals surface area contributed by atoms with Crippen molar-refractivity contribution in [1.29, 1.82) is 0 Å². The minimum absolute atomic E-state index is 0.0748. The highest BCUT2D eigenvalue weighted by Gasteiger charge is 2.55. The summed E-state index contributed by atoms with van der Waals surface area (Å²) < 4.78 is 39.3.